The van der Waals surface area contributed by atoms with Gasteiger partial charge in [-0.3, -0.25) is 10.1 Å². The lowest BCUT2D eigenvalue weighted by Gasteiger charge is -2.16. The van der Waals surface area contributed by atoms with Gasteiger partial charge in [0.15, 0.2) is 5.11 Å². The minimum Gasteiger partial charge on any atom is -0.497 e. The molecule has 1 aromatic heterocycles. The molecule has 0 aliphatic carbocycles. The number of methoxy groups -OCH3 is 1. The molecule has 0 bridgehead atoms. The second-order valence-corrected chi connectivity index (χ2v) is 8.02. The van der Waals surface area contributed by atoms with Crippen molar-refractivity contribution in [2.24, 2.45) is 0 Å². The van der Waals surface area contributed by atoms with Gasteiger partial charge in [-0.05, 0) is 56.4 Å². The van der Waals surface area contributed by atoms with Crippen molar-refractivity contribution in [1.29, 1.82) is 0 Å². The molecule has 0 fully saturated rings. The molecule has 2 N–H and O–H groups in total. The van der Waals surface area contributed by atoms with E-state index >= 15 is 0 Å². The van der Waals surface area contributed by atoms with Crippen molar-refractivity contribution < 1.29 is 14.3 Å². The molecule has 0 aliphatic heterocycles. The molecular formula is C20H19ClN2O3S2. The van der Waals surface area contributed by atoms with E-state index < -0.39 is 0 Å². The summed E-state index contributed by atoms with van der Waals surface area (Å²) >= 11 is 13.0. The second-order valence-electron chi connectivity index (χ2n) is 6.18. The quantitative estimate of drug-likeness (QED) is 0.521. The number of thiophene rings is 1. The van der Waals surface area contributed by atoms with Crippen LogP contribution in [0.4, 0.5) is 5.69 Å². The van der Waals surface area contributed by atoms with Crippen LogP contribution < -0.4 is 20.1 Å². The molecule has 0 unspecified atom stereocenters. The van der Waals surface area contributed by atoms with Crippen LogP contribution in [0.3, 0.4) is 0 Å². The number of rotatable bonds is 5. The number of ether oxygens (including phenoxy) is 2. The predicted molar refractivity (Wildman–Crippen MR) is 119 cm³/mol. The Balaban J connectivity index is 1.76. The highest BCUT2D eigenvalue weighted by Gasteiger charge is 2.19. The zero-order chi connectivity index (χ0) is 20.3. The summed E-state index contributed by atoms with van der Waals surface area (Å²) in [6, 6.07) is 12.9. The van der Waals surface area contributed by atoms with Crippen LogP contribution in [0.1, 0.15) is 23.5 Å². The third-order valence-electron chi connectivity index (χ3n) is 3.77. The van der Waals surface area contributed by atoms with Crippen LogP contribution in [0.15, 0.2) is 42.5 Å². The van der Waals surface area contributed by atoms with Crippen molar-refractivity contribution >= 4 is 61.9 Å². The highest BCUT2D eigenvalue weighted by Crippen LogP contribution is 2.37. The number of para-hydroxylation sites is 2. The van der Waals surface area contributed by atoms with Gasteiger partial charge in [0.05, 0.1) is 23.9 Å². The first-order chi connectivity index (χ1) is 13.4. The first-order valence-electron chi connectivity index (χ1n) is 8.53. The summed E-state index contributed by atoms with van der Waals surface area (Å²) in [7, 11) is 1.59. The molecule has 146 valence electrons. The van der Waals surface area contributed by atoms with Gasteiger partial charge in [0.2, 0.25) is 0 Å². The van der Waals surface area contributed by atoms with Gasteiger partial charge in [0.25, 0.3) is 5.91 Å². The minimum atomic E-state index is -0.370. The molecule has 0 radical (unpaired) electrons. The Morgan fingerprint density at radius 3 is 2.68 bits per heavy atom. The fraction of sp³-hybridized carbons (Fsp3) is 0.200. The number of amides is 1. The molecule has 2 aromatic carbocycles. The summed E-state index contributed by atoms with van der Waals surface area (Å²) in [6.45, 7) is 3.88. The summed E-state index contributed by atoms with van der Waals surface area (Å²) in [5.74, 6) is 0.988. The van der Waals surface area contributed by atoms with E-state index in [2.05, 4.69) is 10.6 Å². The zero-order valence-corrected chi connectivity index (χ0v) is 17.9. The number of carbonyl (C=O) groups excluding carboxylic acids is 1. The van der Waals surface area contributed by atoms with E-state index in [0.717, 1.165) is 10.1 Å². The highest BCUT2D eigenvalue weighted by atomic mass is 35.5. The summed E-state index contributed by atoms with van der Waals surface area (Å²) in [4.78, 5) is 13.1. The van der Waals surface area contributed by atoms with E-state index in [-0.39, 0.29) is 17.1 Å². The lowest BCUT2D eigenvalue weighted by molar-refractivity contribution is 0.0982. The maximum absolute atomic E-state index is 12.7. The molecule has 8 heteroatoms. The lowest BCUT2D eigenvalue weighted by atomic mass is 10.2. The summed E-state index contributed by atoms with van der Waals surface area (Å²) in [5, 5.41) is 7.04. The molecule has 0 spiro atoms. The third-order valence-corrected chi connectivity index (χ3v) is 5.63. The van der Waals surface area contributed by atoms with E-state index in [9.17, 15) is 4.79 Å². The van der Waals surface area contributed by atoms with Crippen molar-refractivity contribution in [2.45, 2.75) is 20.0 Å². The maximum Gasteiger partial charge on any atom is 0.269 e. The molecule has 1 heterocycles. The van der Waals surface area contributed by atoms with Gasteiger partial charge < -0.3 is 14.8 Å². The van der Waals surface area contributed by atoms with E-state index in [1.54, 1.807) is 13.2 Å². The summed E-state index contributed by atoms with van der Waals surface area (Å²) in [6.07, 6.45) is 0.0143. The maximum atomic E-state index is 12.7. The fourth-order valence-corrected chi connectivity index (χ4v) is 4.20. The van der Waals surface area contributed by atoms with Crippen LogP contribution in [0, 0.1) is 0 Å². The molecule has 0 saturated heterocycles. The minimum absolute atomic E-state index is 0.0143. The Morgan fingerprint density at radius 2 is 1.96 bits per heavy atom. The standard InChI is InChI=1S/C20H19ClN2O3S2/c1-11(2)26-15-7-5-4-6-14(15)22-20(27)23-19(24)18-17(21)13-9-8-12(25-3)10-16(13)28-18/h4-11H,1-3H3,(H2,22,23,24,27). The summed E-state index contributed by atoms with van der Waals surface area (Å²) in [5.41, 5.74) is 0.675. The highest BCUT2D eigenvalue weighted by molar-refractivity contribution is 7.80. The van der Waals surface area contributed by atoms with E-state index in [1.807, 2.05) is 50.2 Å². The number of benzene rings is 2. The van der Waals surface area contributed by atoms with Gasteiger partial charge in [-0.1, -0.05) is 23.7 Å². The van der Waals surface area contributed by atoms with Gasteiger partial charge in [-0.25, -0.2) is 0 Å². The van der Waals surface area contributed by atoms with Crippen molar-refractivity contribution in [2.75, 3.05) is 12.4 Å². The van der Waals surface area contributed by atoms with Gasteiger partial charge >= 0.3 is 0 Å². The first-order valence-corrected chi connectivity index (χ1v) is 10.1. The van der Waals surface area contributed by atoms with Crippen molar-refractivity contribution in [3.63, 3.8) is 0 Å². The second kappa shape index (κ2) is 8.77. The first kappa shape index (κ1) is 20.4. The SMILES string of the molecule is COc1ccc2c(Cl)c(C(=O)NC(=S)Nc3ccccc3OC(C)C)sc2c1. The fourth-order valence-electron chi connectivity index (χ4n) is 2.56. The molecule has 0 saturated carbocycles. The Morgan fingerprint density at radius 1 is 1.21 bits per heavy atom. The average molecular weight is 435 g/mol. The average Bonchev–Trinajstić information content (AvgIpc) is 2.99. The topological polar surface area (TPSA) is 59.6 Å². The third kappa shape index (κ3) is 4.55. The summed E-state index contributed by atoms with van der Waals surface area (Å²) < 4.78 is 11.8. The smallest absolute Gasteiger partial charge is 0.269 e. The number of hydrogen-bond acceptors (Lipinski definition) is 5. The number of hydrogen-bond donors (Lipinski definition) is 2. The van der Waals surface area contributed by atoms with Crippen molar-refractivity contribution in [3.8, 4) is 11.5 Å². The monoisotopic (exact) mass is 434 g/mol. The zero-order valence-electron chi connectivity index (χ0n) is 15.5. The van der Waals surface area contributed by atoms with Crippen LogP contribution in [-0.4, -0.2) is 24.2 Å². The van der Waals surface area contributed by atoms with E-state index in [1.165, 1.54) is 11.3 Å². The largest absolute Gasteiger partial charge is 0.497 e. The number of nitrogens with one attached hydrogen (secondary N) is 2. The predicted octanol–water partition coefficient (Wildman–Crippen LogP) is 5.48. The molecule has 3 aromatic rings. The number of thiocarbonyl (C=S) groups is 1. The molecule has 5 nitrogen and oxygen atoms in total. The number of halogens is 1. The molecule has 1 amide bonds. The Labute approximate surface area is 177 Å². The molecular weight excluding hydrogens is 416 g/mol. The Hall–Kier alpha value is -2.35. The van der Waals surface area contributed by atoms with Gasteiger partial charge in [0, 0.05) is 10.1 Å². The normalized spacial score (nSPS) is 10.8. The van der Waals surface area contributed by atoms with Crippen molar-refractivity contribution in [3.05, 3.63) is 52.4 Å². The molecule has 0 aliphatic rings. The van der Waals surface area contributed by atoms with Crippen LogP contribution in [0.5, 0.6) is 11.5 Å². The van der Waals surface area contributed by atoms with Gasteiger partial charge in [-0.15, -0.1) is 11.3 Å². The van der Waals surface area contributed by atoms with Crippen LogP contribution >= 0.6 is 35.2 Å². The molecule has 3 rings (SSSR count). The Kier molecular flexibility index (Phi) is 6.39. The van der Waals surface area contributed by atoms with E-state index in [0.29, 0.717) is 27.1 Å². The van der Waals surface area contributed by atoms with Crippen molar-refractivity contribution in [1.82, 2.24) is 5.32 Å². The number of carbonyl (C=O) groups is 1. The molecule has 28 heavy (non-hydrogen) atoms. The van der Waals surface area contributed by atoms with Crippen LogP contribution in [0.2, 0.25) is 5.02 Å². The number of fused-ring (bicyclic) bond motifs is 1. The lowest BCUT2D eigenvalue weighted by Crippen LogP contribution is -2.34. The van der Waals surface area contributed by atoms with Gasteiger partial charge in [0.1, 0.15) is 16.4 Å². The van der Waals surface area contributed by atoms with Crippen LogP contribution in [0.25, 0.3) is 10.1 Å². The molecule has 0 atom stereocenters. The number of anilines is 1. The van der Waals surface area contributed by atoms with Gasteiger partial charge in [-0.2, -0.15) is 0 Å². The van der Waals surface area contributed by atoms with E-state index in [4.69, 9.17) is 33.3 Å². The van der Waals surface area contributed by atoms with Crippen LogP contribution in [-0.2, 0) is 0 Å². The Bertz CT molecular complexity index is 1030.